The van der Waals surface area contributed by atoms with E-state index >= 15 is 0 Å². The molecule has 0 fully saturated rings. The van der Waals surface area contributed by atoms with Gasteiger partial charge < -0.3 is 4.42 Å². The van der Waals surface area contributed by atoms with Crippen LogP contribution in [-0.2, 0) is 9.84 Å². The minimum absolute atomic E-state index is 0.151. The molecule has 0 amide bonds. The topological polar surface area (TPSA) is 64.3 Å². The number of benzene rings is 3. The van der Waals surface area contributed by atoms with Gasteiger partial charge in [-0.15, -0.1) is 0 Å². The number of hydrogen-bond donors (Lipinski definition) is 0. The van der Waals surface area contributed by atoms with Crippen molar-refractivity contribution in [1.29, 1.82) is 0 Å². The molecule has 0 unspecified atom stereocenters. The molecular formula is C22H13Cl3O4S. The second kappa shape index (κ2) is 7.75. The minimum atomic E-state index is -3.37. The second-order valence-corrected chi connectivity index (χ2v) is 9.94. The van der Waals surface area contributed by atoms with Crippen LogP contribution >= 0.6 is 34.8 Å². The van der Waals surface area contributed by atoms with E-state index in [2.05, 4.69) is 0 Å². The molecule has 0 aliphatic rings. The maximum Gasteiger partial charge on any atom is 0.201 e. The summed E-state index contributed by atoms with van der Waals surface area (Å²) in [6, 6.07) is 15.9. The lowest BCUT2D eigenvalue weighted by Gasteiger charge is -2.14. The van der Waals surface area contributed by atoms with Crippen LogP contribution in [0.5, 0.6) is 0 Å². The van der Waals surface area contributed by atoms with Crippen LogP contribution in [-0.4, -0.2) is 14.7 Å². The Balaban J connectivity index is 2.10. The monoisotopic (exact) mass is 478 g/mol. The fraction of sp³-hybridized carbons (Fsp3) is 0.0455. The van der Waals surface area contributed by atoms with Crippen molar-refractivity contribution in [3.8, 4) is 22.5 Å². The third-order valence-corrected chi connectivity index (χ3v) is 6.54. The molecule has 1 aromatic heterocycles. The van der Waals surface area contributed by atoms with Crippen molar-refractivity contribution in [2.45, 2.75) is 4.90 Å². The Morgan fingerprint density at radius 2 is 1.43 bits per heavy atom. The lowest BCUT2D eigenvalue weighted by Crippen LogP contribution is -2.08. The molecule has 0 atom stereocenters. The smallest absolute Gasteiger partial charge is 0.201 e. The number of rotatable bonds is 3. The highest BCUT2D eigenvalue weighted by molar-refractivity contribution is 7.90. The van der Waals surface area contributed by atoms with Crippen LogP contribution in [0.25, 0.3) is 33.4 Å². The van der Waals surface area contributed by atoms with Crippen LogP contribution in [0.4, 0.5) is 0 Å². The largest absolute Gasteiger partial charge is 0.455 e. The third-order valence-electron chi connectivity index (χ3n) is 4.60. The molecule has 0 saturated carbocycles. The van der Waals surface area contributed by atoms with E-state index in [1.807, 2.05) is 0 Å². The highest BCUT2D eigenvalue weighted by Crippen LogP contribution is 2.41. The van der Waals surface area contributed by atoms with Gasteiger partial charge in [0, 0.05) is 22.4 Å². The van der Waals surface area contributed by atoms with E-state index in [4.69, 9.17) is 39.2 Å². The zero-order valence-corrected chi connectivity index (χ0v) is 18.5. The van der Waals surface area contributed by atoms with E-state index in [1.54, 1.807) is 36.4 Å². The van der Waals surface area contributed by atoms with Gasteiger partial charge in [0.2, 0.25) is 5.43 Å². The molecule has 0 N–H and O–H groups in total. The van der Waals surface area contributed by atoms with Crippen LogP contribution in [0.15, 0.2) is 74.8 Å². The number of fused-ring (bicyclic) bond motifs is 1. The summed E-state index contributed by atoms with van der Waals surface area (Å²) in [5, 5.41) is 1.09. The summed E-state index contributed by atoms with van der Waals surface area (Å²) >= 11 is 18.9. The molecule has 1 heterocycles. The Morgan fingerprint density at radius 1 is 0.833 bits per heavy atom. The van der Waals surface area contributed by atoms with E-state index in [-0.39, 0.29) is 31.7 Å². The van der Waals surface area contributed by atoms with Crippen molar-refractivity contribution in [1.82, 2.24) is 0 Å². The van der Waals surface area contributed by atoms with E-state index in [0.29, 0.717) is 27.1 Å². The van der Waals surface area contributed by atoms with Gasteiger partial charge in [-0.05, 0) is 48.5 Å². The maximum absolute atomic E-state index is 13.4. The summed E-state index contributed by atoms with van der Waals surface area (Å²) in [6.45, 7) is 0. The number of para-hydroxylation sites is 1. The van der Waals surface area contributed by atoms with Gasteiger partial charge in [-0.3, -0.25) is 4.79 Å². The maximum atomic E-state index is 13.4. The highest BCUT2D eigenvalue weighted by atomic mass is 35.5. The summed E-state index contributed by atoms with van der Waals surface area (Å²) in [5.41, 5.74) is 1.04. The Kier molecular flexibility index (Phi) is 5.41. The second-order valence-electron chi connectivity index (χ2n) is 6.67. The average molecular weight is 480 g/mol. The lowest BCUT2D eigenvalue weighted by molar-refractivity contribution is 0.601. The summed E-state index contributed by atoms with van der Waals surface area (Å²) < 4.78 is 29.7. The molecule has 152 valence electrons. The first-order valence-electron chi connectivity index (χ1n) is 8.68. The highest BCUT2D eigenvalue weighted by Gasteiger charge is 2.23. The van der Waals surface area contributed by atoms with Crippen molar-refractivity contribution in [3.05, 3.63) is 86.0 Å². The zero-order valence-electron chi connectivity index (χ0n) is 15.4. The fourth-order valence-corrected chi connectivity index (χ4v) is 4.84. The van der Waals surface area contributed by atoms with Gasteiger partial charge >= 0.3 is 0 Å². The van der Waals surface area contributed by atoms with Crippen LogP contribution in [0.2, 0.25) is 15.1 Å². The van der Waals surface area contributed by atoms with Gasteiger partial charge in [0.1, 0.15) is 11.3 Å². The Hall–Kier alpha value is -2.31. The van der Waals surface area contributed by atoms with Crippen LogP contribution in [0, 0.1) is 0 Å². The van der Waals surface area contributed by atoms with E-state index in [1.165, 1.54) is 24.3 Å². The molecule has 8 heteroatoms. The van der Waals surface area contributed by atoms with Crippen molar-refractivity contribution < 1.29 is 12.8 Å². The summed E-state index contributed by atoms with van der Waals surface area (Å²) in [7, 11) is -3.37. The van der Waals surface area contributed by atoms with Gasteiger partial charge in [-0.2, -0.15) is 0 Å². The van der Waals surface area contributed by atoms with E-state index in [0.717, 1.165) is 6.26 Å². The minimum Gasteiger partial charge on any atom is -0.455 e. The molecule has 0 aliphatic carbocycles. The van der Waals surface area contributed by atoms with Crippen molar-refractivity contribution in [2.24, 2.45) is 0 Å². The van der Waals surface area contributed by atoms with Gasteiger partial charge in [0.25, 0.3) is 0 Å². The normalized spacial score (nSPS) is 11.7. The standard InChI is InChI=1S/C22H13Cl3O4S/c1-30(27,28)14-8-6-12(7-9-14)22-20(19-16(24)10-13(23)11-17(19)25)21(26)15-4-2-3-5-18(15)29-22/h2-11H,1H3. The Morgan fingerprint density at radius 3 is 2.03 bits per heavy atom. The summed E-state index contributed by atoms with van der Waals surface area (Å²) in [4.78, 5) is 13.6. The van der Waals surface area contributed by atoms with Crippen molar-refractivity contribution in [3.63, 3.8) is 0 Å². The summed E-state index contributed by atoms with van der Waals surface area (Å²) in [6.07, 6.45) is 1.12. The zero-order chi connectivity index (χ0) is 21.6. The van der Waals surface area contributed by atoms with Crippen LogP contribution in [0.1, 0.15) is 0 Å². The molecule has 4 rings (SSSR count). The van der Waals surface area contributed by atoms with Crippen LogP contribution < -0.4 is 5.43 Å². The van der Waals surface area contributed by atoms with Gasteiger partial charge in [0.05, 0.1) is 25.9 Å². The predicted octanol–water partition coefficient (Wildman–Crippen LogP) is 6.49. The fourth-order valence-electron chi connectivity index (χ4n) is 3.21. The average Bonchev–Trinajstić information content (AvgIpc) is 2.68. The van der Waals surface area contributed by atoms with E-state index in [9.17, 15) is 13.2 Å². The third kappa shape index (κ3) is 3.74. The number of halogens is 3. The molecule has 30 heavy (non-hydrogen) atoms. The Labute approximate surface area is 187 Å². The predicted molar refractivity (Wildman–Crippen MR) is 121 cm³/mol. The molecule has 0 bridgehead atoms. The molecule has 4 aromatic rings. The van der Waals surface area contributed by atoms with Crippen molar-refractivity contribution in [2.75, 3.05) is 6.26 Å². The quantitative estimate of drug-likeness (QED) is 0.337. The first-order chi connectivity index (χ1) is 14.2. The molecule has 0 radical (unpaired) electrons. The SMILES string of the molecule is CS(=O)(=O)c1ccc(-c2oc3ccccc3c(=O)c2-c2c(Cl)cc(Cl)cc2Cl)cc1. The van der Waals surface area contributed by atoms with Crippen molar-refractivity contribution >= 4 is 55.6 Å². The molecule has 3 aromatic carbocycles. The molecule has 0 aliphatic heterocycles. The number of hydrogen-bond acceptors (Lipinski definition) is 4. The van der Waals surface area contributed by atoms with Gasteiger partial charge in [-0.25, -0.2) is 8.42 Å². The Bertz CT molecular complexity index is 1430. The number of sulfone groups is 1. The summed E-state index contributed by atoms with van der Waals surface area (Å²) in [5.74, 6) is 0.227. The molecule has 0 spiro atoms. The van der Waals surface area contributed by atoms with Gasteiger partial charge in [0.15, 0.2) is 9.84 Å². The first kappa shape index (κ1) is 20.9. The first-order valence-corrected chi connectivity index (χ1v) is 11.7. The van der Waals surface area contributed by atoms with E-state index < -0.39 is 9.84 Å². The molecule has 0 saturated heterocycles. The molecular weight excluding hydrogens is 467 g/mol. The van der Waals surface area contributed by atoms with Gasteiger partial charge in [-0.1, -0.05) is 46.9 Å². The van der Waals surface area contributed by atoms with Crippen LogP contribution in [0.3, 0.4) is 0 Å². The molecule has 4 nitrogen and oxygen atoms in total. The lowest BCUT2D eigenvalue weighted by atomic mass is 9.98.